The number of urea groups is 2. The second-order valence-corrected chi connectivity index (χ2v) is 4.74. The number of amides is 4. The van der Waals surface area contributed by atoms with Gasteiger partial charge in [-0.25, -0.2) is 36.3 Å². The second kappa shape index (κ2) is 8.83. The second-order valence-electron chi connectivity index (χ2n) is 4.74. The van der Waals surface area contributed by atoms with Crippen LogP contribution >= 0.6 is 0 Å². The molecule has 134 valence electrons. The third-order valence-electron chi connectivity index (χ3n) is 2.98. The van der Waals surface area contributed by atoms with Crippen molar-refractivity contribution in [2.45, 2.75) is 18.9 Å². The molecule has 1 rings (SSSR count). The fourth-order valence-electron chi connectivity index (χ4n) is 1.68. The molecule has 12 heteroatoms. The van der Waals surface area contributed by atoms with Gasteiger partial charge in [-0.05, 0) is 12.5 Å². The molecule has 0 aliphatic heterocycles. The molecule has 0 aliphatic rings. The summed E-state index contributed by atoms with van der Waals surface area (Å²) in [6.07, 6.45) is 0.850. The van der Waals surface area contributed by atoms with Crippen LogP contribution in [0.5, 0.6) is 5.88 Å². The largest absolute Gasteiger partial charge is 0.476 e. The summed E-state index contributed by atoms with van der Waals surface area (Å²) < 4.78 is 5.36. The highest BCUT2D eigenvalue weighted by molar-refractivity contribution is 5.93. The lowest BCUT2D eigenvalue weighted by Crippen LogP contribution is -2.43. The standard InChI is InChI=1S/C12H21N7O5/c13-11(22)18(15)7-5-9(19(16)12(14)23)10(17-6-7)24-4-2-8(21)1-3-20/h5-6,8,20-21H,1-4,15-16H2,(H2,13,22)(H2,14,23). The quantitative estimate of drug-likeness (QED) is 0.178. The van der Waals surface area contributed by atoms with Crippen LogP contribution in [-0.2, 0) is 0 Å². The zero-order chi connectivity index (χ0) is 18.3. The lowest BCUT2D eigenvalue weighted by atomic mass is 10.2. The number of primary amides is 2. The molecule has 12 nitrogen and oxygen atoms in total. The first kappa shape index (κ1) is 19.4. The number of aromatic nitrogens is 1. The molecule has 0 saturated heterocycles. The molecule has 0 radical (unpaired) electrons. The topological polar surface area (TPSA) is 207 Å². The van der Waals surface area contributed by atoms with Crippen LogP contribution in [0, 0.1) is 0 Å². The minimum atomic E-state index is -0.998. The van der Waals surface area contributed by atoms with Gasteiger partial charge < -0.3 is 26.4 Å². The summed E-state index contributed by atoms with van der Waals surface area (Å²) in [6.45, 7) is -0.119. The molecular formula is C12H21N7O5. The summed E-state index contributed by atoms with van der Waals surface area (Å²) in [5, 5.41) is 19.4. The molecule has 4 amide bonds. The summed E-state index contributed by atoms with van der Waals surface area (Å²) in [6, 6.07) is -0.713. The summed E-state index contributed by atoms with van der Waals surface area (Å²) >= 11 is 0. The lowest BCUT2D eigenvalue weighted by Gasteiger charge is -2.20. The van der Waals surface area contributed by atoms with E-state index in [0.29, 0.717) is 10.0 Å². The van der Waals surface area contributed by atoms with Crippen LogP contribution in [0.1, 0.15) is 12.8 Å². The van der Waals surface area contributed by atoms with Gasteiger partial charge in [0.05, 0.1) is 24.6 Å². The van der Waals surface area contributed by atoms with Gasteiger partial charge in [-0.3, -0.25) is 0 Å². The fraction of sp³-hybridized carbons (Fsp3) is 0.417. The highest BCUT2D eigenvalue weighted by Crippen LogP contribution is 2.28. The first-order valence-electron chi connectivity index (χ1n) is 6.88. The van der Waals surface area contributed by atoms with Crippen molar-refractivity contribution in [2.75, 3.05) is 23.2 Å². The third-order valence-corrected chi connectivity index (χ3v) is 2.98. The van der Waals surface area contributed by atoms with Crippen LogP contribution in [0.3, 0.4) is 0 Å². The maximum absolute atomic E-state index is 11.3. The van der Waals surface area contributed by atoms with E-state index in [1.165, 1.54) is 12.3 Å². The Hall–Kier alpha value is -2.67. The molecule has 0 aliphatic carbocycles. The lowest BCUT2D eigenvalue weighted by molar-refractivity contribution is 0.107. The Kier molecular flexibility index (Phi) is 7.13. The molecule has 1 aromatic rings. The van der Waals surface area contributed by atoms with Gasteiger partial charge in [-0.15, -0.1) is 0 Å². The molecule has 1 atom stereocenters. The fourth-order valence-corrected chi connectivity index (χ4v) is 1.68. The number of carbonyl (C=O) groups is 2. The Morgan fingerprint density at radius 3 is 2.38 bits per heavy atom. The third kappa shape index (κ3) is 5.20. The number of rotatable bonds is 8. The van der Waals surface area contributed by atoms with Gasteiger partial charge in [0.25, 0.3) is 0 Å². The van der Waals surface area contributed by atoms with Gasteiger partial charge in [0.1, 0.15) is 5.69 Å². The molecule has 0 bridgehead atoms. The zero-order valence-electron chi connectivity index (χ0n) is 12.8. The van der Waals surface area contributed by atoms with E-state index in [2.05, 4.69) is 4.98 Å². The van der Waals surface area contributed by atoms with Gasteiger partial charge >= 0.3 is 12.1 Å². The highest BCUT2D eigenvalue weighted by Gasteiger charge is 2.19. The molecule has 0 spiro atoms. The number of hydrazine groups is 2. The Morgan fingerprint density at radius 1 is 1.21 bits per heavy atom. The number of hydrogen-bond acceptors (Lipinski definition) is 8. The zero-order valence-corrected chi connectivity index (χ0v) is 12.8. The number of aliphatic hydroxyl groups is 2. The first-order valence-corrected chi connectivity index (χ1v) is 6.88. The molecule has 10 N–H and O–H groups in total. The van der Waals surface area contributed by atoms with Crippen molar-refractivity contribution in [1.29, 1.82) is 0 Å². The van der Waals surface area contributed by atoms with Gasteiger partial charge in [0, 0.05) is 13.0 Å². The van der Waals surface area contributed by atoms with Crippen molar-refractivity contribution in [1.82, 2.24) is 4.98 Å². The number of hydrogen-bond donors (Lipinski definition) is 6. The molecule has 1 heterocycles. The molecule has 24 heavy (non-hydrogen) atoms. The average Bonchev–Trinajstić information content (AvgIpc) is 2.53. The Bertz CT molecular complexity index is 585. The number of pyridine rings is 1. The number of ether oxygens (including phenoxy) is 1. The van der Waals surface area contributed by atoms with E-state index in [-0.39, 0.29) is 43.3 Å². The first-order chi connectivity index (χ1) is 11.3. The maximum Gasteiger partial charge on any atom is 0.333 e. The average molecular weight is 343 g/mol. The SMILES string of the molecule is NC(=O)N(N)c1cnc(OCCC(O)CCO)c(N(N)C(N)=O)c1. The van der Waals surface area contributed by atoms with Gasteiger partial charge in [-0.1, -0.05) is 0 Å². The Balaban J connectivity index is 2.97. The van der Waals surface area contributed by atoms with Gasteiger partial charge in [0.2, 0.25) is 5.88 Å². The predicted molar refractivity (Wildman–Crippen MR) is 84.6 cm³/mol. The van der Waals surface area contributed by atoms with Crippen LogP contribution in [0.4, 0.5) is 21.0 Å². The van der Waals surface area contributed by atoms with E-state index in [0.717, 1.165) is 0 Å². The Morgan fingerprint density at radius 2 is 1.83 bits per heavy atom. The van der Waals surface area contributed by atoms with E-state index < -0.39 is 18.2 Å². The number of carbonyl (C=O) groups excluding carboxylic acids is 2. The van der Waals surface area contributed by atoms with Crippen LogP contribution in [0.15, 0.2) is 12.3 Å². The number of nitrogens with two attached hydrogens (primary N) is 4. The van der Waals surface area contributed by atoms with Crippen LogP contribution in [0.2, 0.25) is 0 Å². The number of aliphatic hydroxyl groups excluding tert-OH is 2. The highest BCUT2D eigenvalue weighted by atomic mass is 16.5. The van der Waals surface area contributed by atoms with Crippen molar-refractivity contribution >= 4 is 23.4 Å². The molecule has 0 saturated carbocycles. The minimum Gasteiger partial charge on any atom is -0.476 e. The summed E-state index contributed by atoms with van der Waals surface area (Å²) in [7, 11) is 0. The van der Waals surface area contributed by atoms with Crippen molar-refractivity contribution in [3.8, 4) is 5.88 Å². The molecular weight excluding hydrogens is 322 g/mol. The van der Waals surface area contributed by atoms with Crippen LogP contribution < -0.4 is 37.9 Å². The summed E-state index contributed by atoms with van der Waals surface area (Å²) in [5.74, 6) is 10.9. The van der Waals surface area contributed by atoms with E-state index in [1.807, 2.05) is 0 Å². The monoisotopic (exact) mass is 343 g/mol. The predicted octanol–water partition coefficient (Wildman–Crippen LogP) is -1.89. The van der Waals surface area contributed by atoms with E-state index in [1.54, 1.807) is 0 Å². The van der Waals surface area contributed by atoms with Crippen molar-refractivity contribution < 1.29 is 24.5 Å². The van der Waals surface area contributed by atoms with Gasteiger partial charge in [-0.2, -0.15) is 0 Å². The smallest absolute Gasteiger partial charge is 0.333 e. The van der Waals surface area contributed by atoms with Crippen molar-refractivity contribution in [2.24, 2.45) is 23.2 Å². The summed E-state index contributed by atoms with van der Waals surface area (Å²) in [4.78, 5) is 26.3. The van der Waals surface area contributed by atoms with Gasteiger partial charge in [0.15, 0.2) is 0 Å². The molecule has 1 unspecified atom stereocenters. The number of anilines is 2. The van der Waals surface area contributed by atoms with Crippen molar-refractivity contribution in [3.63, 3.8) is 0 Å². The normalized spacial score (nSPS) is 11.7. The van der Waals surface area contributed by atoms with E-state index in [9.17, 15) is 14.7 Å². The Labute approximate surface area is 137 Å². The molecule has 0 fully saturated rings. The molecule has 0 aromatic carbocycles. The molecule has 1 aromatic heterocycles. The van der Waals surface area contributed by atoms with Crippen LogP contribution in [0.25, 0.3) is 0 Å². The van der Waals surface area contributed by atoms with E-state index in [4.69, 9.17) is 33.0 Å². The minimum absolute atomic E-state index is 0.0370. The van der Waals surface area contributed by atoms with E-state index >= 15 is 0 Å². The van der Waals surface area contributed by atoms with Crippen molar-refractivity contribution in [3.05, 3.63) is 12.3 Å². The number of nitrogens with zero attached hydrogens (tertiary/aromatic N) is 3. The maximum atomic E-state index is 11.3. The van der Waals surface area contributed by atoms with Crippen LogP contribution in [-0.4, -0.2) is 46.6 Å². The summed E-state index contributed by atoms with van der Waals surface area (Å²) in [5.41, 5.74) is 10.2.